The van der Waals surface area contributed by atoms with Crippen LogP contribution in [0.2, 0.25) is 0 Å². The van der Waals surface area contributed by atoms with Gasteiger partial charge in [-0.2, -0.15) is 13.2 Å². The Morgan fingerprint density at radius 1 is 1.15 bits per heavy atom. The van der Waals surface area contributed by atoms with Crippen molar-refractivity contribution in [3.8, 4) is 0 Å². The second kappa shape index (κ2) is 5.77. The smallest absolute Gasteiger partial charge is 0.242 e. The highest BCUT2D eigenvalue weighted by Crippen LogP contribution is 2.35. The number of alkyl halides is 3. The summed E-state index contributed by atoms with van der Waals surface area (Å²) in [7, 11) is -2.06. The van der Waals surface area contributed by atoms with E-state index in [9.17, 15) is 26.2 Å². The summed E-state index contributed by atoms with van der Waals surface area (Å²) >= 11 is 0. The minimum absolute atomic E-state index is 0.357. The van der Waals surface area contributed by atoms with Gasteiger partial charge in [-0.15, -0.1) is 0 Å². The van der Waals surface area contributed by atoms with Gasteiger partial charge in [0.2, 0.25) is 0 Å². The van der Waals surface area contributed by atoms with Crippen LogP contribution in [0.15, 0.2) is 18.2 Å². The van der Waals surface area contributed by atoms with Crippen LogP contribution in [0, 0.1) is 11.6 Å². The maximum absolute atomic E-state index is 13.5. The summed E-state index contributed by atoms with van der Waals surface area (Å²) in [5.41, 5.74) is -0.795. The Labute approximate surface area is 116 Å². The molecule has 0 bridgehead atoms. The zero-order valence-corrected chi connectivity index (χ0v) is 11.8. The van der Waals surface area contributed by atoms with Crippen LogP contribution in [0.5, 0.6) is 0 Å². The Balaban J connectivity index is 3.18. The molecule has 0 fully saturated rings. The third-order valence-electron chi connectivity index (χ3n) is 2.38. The van der Waals surface area contributed by atoms with Gasteiger partial charge in [-0.3, -0.25) is 0 Å². The van der Waals surface area contributed by atoms with Crippen molar-refractivity contribution in [2.24, 2.45) is 0 Å². The lowest BCUT2D eigenvalue weighted by Gasteiger charge is -2.26. The maximum Gasteiger partial charge on any atom is 0.408 e. The van der Waals surface area contributed by atoms with Crippen LogP contribution < -0.4 is 4.72 Å². The molecule has 0 aromatic heterocycles. The fourth-order valence-corrected chi connectivity index (χ4v) is 2.15. The van der Waals surface area contributed by atoms with Gasteiger partial charge in [0.15, 0.2) is 0 Å². The lowest BCUT2D eigenvalue weighted by Crippen LogP contribution is -2.42. The molecule has 0 saturated heterocycles. The van der Waals surface area contributed by atoms with Gasteiger partial charge in [-0.25, -0.2) is 17.7 Å². The average Bonchev–Trinajstić information content (AvgIpc) is 2.23. The molecule has 2 nitrogen and oxygen atoms in total. The molecule has 1 unspecified atom stereocenters. The second-order valence-corrected chi connectivity index (χ2v) is 7.14. The molecule has 8 heteroatoms. The summed E-state index contributed by atoms with van der Waals surface area (Å²) in [4.78, 5) is 0. The van der Waals surface area contributed by atoms with E-state index in [1.165, 1.54) is 20.8 Å². The van der Waals surface area contributed by atoms with Crippen molar-refractivity contribution < 1.29 is 26.2 Å². The minimum atomic E-state index is -4.86. The zero-order chi connectivity index (χ0) is 15.7. The molecule has 0 radical (unpaired) electrons. The van der Waals surface area contributed by atoms with Gasteiger partial charge in [-0.05, 0) is 26.8 Å². The Morgan fingerprint density at radius 3 is 2.10 bits per heavy atom. The molecule has 1 aromatic rings. The predicted molar refractivity (Wildman–Crippen MR) is 66.2 cm³/mol. The monoisotopic (exact) mass is 315 g/mol. The fourth-order valence-electron chi connectivity index (χ4n) is 1.33. The van der Waals surface area contributed by atoms with Gasteiger partial charge in [-0.1, -0.05) is 6.07 Å². The first-order valence-electron chi connectivity index (χ1n) is 5.62. The van der Waals surface area contributed by atoms with Crippen LogP contribution in [0.4, 0.5) is 22.0 Å². The highest BCUT2D eigenvalue weighted by atomic mass is 32.2. The molecule has 0 heterocycles. The van der Waals surface area contributed by atoms with E-state index in [1.807, 2.05) is 4.72 Å². The van der Waals surface area contributed by atoms with Crippen LogP contribution >= 0.6 is 0 Å². The molecule has 114 valence electrons. The molecule has 20 heavy (non-hydrogen) atoms. The van der Waals surface area contributed by atoms with Crippen LogP contribution in [0.3, 0.4) is 0 Å². The van der Waals surface area contributed by atoms with Crippen LogP contribution in [-0.2, 0) is 11.0 Å². The van der Waals surface area contributed by atoms with Crippen molar-refractivity contribution in [3.63, 3.8) is 0 Å². The lowest BCUT2D eigenvalue weighted by atomic mass is 10.1. The quantitative estimate of drug-likeness (QED) is 0.848. The highest BCUT2D eigenvalue weighted by molar-refractivity contribution is 7.84. The van der Waals surface area contributed by atoms with Crippen molar-refractivity contribution in [1.82, 2.24) is 4.72 Å². The summed E-state index contributed by atoms with van der Waals surface area (Å²) in [6, 6.07) is -0.701. The first-order valence-corrected chi connectivity index (χ1v) is 6.77. The molecule has 0 amide bonds. The summed E-state index contributed by atoms with van der Waals surface area (Å²) in [5, 5.41) is 0. The van der Waals surface area contributed by atoms with E-state index in [-0.39, 0.29) is 0 Å². The minimum Gasteiger partial charge on any atom is -0.242 e. The lowest BCUT2D eigenvalue weighted by molar-refractivity contribution is -0.153. The maximum atomic E-state index is 13.5. The summed E-state index contributed by atoms with van der Waals surface area (Å²) in [5.74, 6) is -2.32. The SMILES string of the molecule is CC(C)(C)S(=O)N[C@H](c1ccc(F)cc1F)C(F)(F)F. The molecule has 0 aliphatic carbocycles. The predicted octanol–water partition coefficient (Wildman–Crippen LogP) is 3.62. The number of rotatable bonds is 3. The van der Waals surface area contributed by atoms with Gasteiger partial charge in [0, 0.05) is 11.6 Å². The van der Waals surface area contributed by atoms with Gasteiger partial charge in [0.05, 0.1) is 15.7 Å². The molecule has 2 atom stereocenters. The first-order chi connectivity index (χ1) is 8.93. The van der Waals surface area contributed by atoms with E-state index in [4.69, 9.17) is 0 Å². The van der Waals surface area contributed by atoms with Gasteiger partial charge < -0.3 is 0 Å². The summed E-state index contributed by atoms with van der Waals surface area (Å²) in [6.07, 6.45) is -4.86. The van der Waals surface area contributed by atoms with Crippen molar-refractivity contribution >= 4 is 11.0 Å². The van der Waals surface area contributed by atoms with Gasteiger partial charge in [0.1, 0.15) is 17.7 Å². The Kier molecular flexibility index (Phi) is 4.91. The van der Waals surface area contributed by atoms with Crippen molar-refractivity contribution in [2.45, 2.75) is 37.7 Å². The van der Waals surface area contributed by atoms with E-state index in [0.29, 0.717) is 12.1 Å². The Bertz CT molecular complexity index is 510. The van der Waals surface area contributed by atoms with E-state index in [1.54, 1.807) is 0 Å². The fraction of sp³-hybridized carbons (Fsp3) is 0.500. The summed E-state index contributed by atoms with van der Waals surface area (Å²) < 4.78 is 77.9. The van der Waals surface area contributed by atoms with Crippen LogP contribution in [-0.4, -0.2) is 15.1 Å². The third kappa shape index (κ3) is 4.24. The van der Waals surface area contributed by atoms with E-state index in [0.717, 1.165) is 6.07 Å². The molecule has 1 rings (SSSR count). The number of hydrogen-bond donors (Lipinski definition) is 1. The number of halogens is 5. The van der Waals surface area contributed by atoms with Gasteiger partial charge >= 0.3 is 6.18 Å². The van der Waals surface area contributed by atoms with E-state index >= 15 is 0 Å². The second-order valence-electron chi connectivity index (χ2n) is 5.14. The molecular weight excluding hydrogens is 301 g/mol. The number of nitrogens with one attached hydrogen (secondary N) is 1. The highest BCUT2D eigenvalue weighted by Gasteiger charge is 2.44. The van der Waals surface area contributed by atoms with Crippen molar-refractivity contribution in [2.75, 3.05) is 0 Å². The molecular formula is C12H14F5NOS. The topological polar surface area (TPSA) is 29.1 Å². The van der Waals surface area contributed by atoms with Crippen molar-refractivity contribution in [1.29, 1.82) is 0 Å². The van der Waals surface area contributed by atoms with Crippen molar-refractivity contribution in [3.05, 3.63) is 35.4 Å². The standard InChI is InChI=1S/C12H14F5NOS/c1-11(2,3)20(19)18-10(12(15,16)17)8-5-4-7(13)6-9(8)14/h4-6,10,18H,1-3H3/t10-,20?/m1/s1. The molecule has 0 saturated carbocycles. The van der Waals surface area contributed by atoms with E-state index < -0.39 is 45.1 Å². The van der Waals surface area contributed by atoms with Crippen LogP contribution in [0.25, 0.3) is 0 Å². The summed E-state index contributed by atoms with van der Waals surface area (Å²) in [6.45, 7) is 4.43. The van der Waals surface area contributed by atoms with E-state index in [2.05, 4.69) is 0 Å². The zero-order valence-electron chi connectivity index (χ0n) is 11.0. The first kappa shape index (κ1) is 17.0. The third-order valence-corrected chi connectivity index (χ3v) is 3.94. The molecule has 0 aliphatic rings. The normalized spacial score (nSPS) is 16.0. The molecule has 1 N–H and O–H groups in total. The number of benzene rings is 1. The van der Waals surface area contributed by atoms with Gasteiger partial charge in [0.25, 0.3) is 0 Å². The Hall–Kier alpha value is -1.02. The molecule has 0 aliphatic heterocycles. The molecule has 1 aromatic carbocycles. The Morgan fingerprint density at radius 2 is 1.70 bits per heavy atom. The number of hydrogen-bond acceptors (Lipinski definition) is 1. The molecule has 0 spiro atoms. The average molecular weight is 315 g/mol. The van der Waals surface area contributed by atoms with Crippen LogP contribution in [0.1, 0.15) is 32.4 Å². The largest absolute Gasteiger partial charge is 0.408 e.